The van der Waals surface area contributed by atoms with Crippen molar-refractivity contribution in [3.8, 4) is 0 Å². The molecule has 0 heterocycles. The summed E-state index contributed by atoms with van der Waals surface area (Å²) in [6.45, 7) is 0. The first-order valence-electron chi connectivity index (χ1n) is 5.78. The highest BCUT2D eigenvalue weighted by molar-refractivity contribution is 14.1. The van der Waals surface area contributed by atoms with E-state index in [1.807, 2.05) is 22.6 Å². The summed E-state index contributed by atoms with van der Waals surface area (Å²) in [7, 11) is 0. The van der Waals surface area contributed by atoms with Crippen LogP contribution in [-0.4, -0.2) is 16.8 Å². The van der Waals surface area contributed by atoms with Gasteiger partial charge in [0.1, 0.15) is 0 Å². The fourth-order valence-electron chi connectivity index (χ4n) is 2.82. The fraction of sp³-hybridized carbons (Fsp3) is 1.00. The molecule has 7 heteroatoms. The highest BCUT2D eigenvalue weighted by Crippen LogP contribution is 2.43. The molecule has 18 heavy (non-hydrogen) atoms. The van der Waals surface area contributed by atoms with Gasteiger partial charge in [0.05, 0.1) is 0 Å². The normalized spacial score (nSPS) is 30.5. The van der Waals surface area contributed by atoms with Gasteiger partial charge in [-0.1, -0.05) is 22.6 Å². The summed E-state index contributed by atoms with van der Waals surface area (Å²) in [5, 5.41) is 0. The summed E-state index contributed by atoms with van der Waals surface area (Å²) < 4.78 is 74.5. The summed E-state index contributed by atoms with van der Waals surface area (Å²) in [5.41, 5.74) is 0. The van der Waals surface area contributed by atoms with E-state index in [1.165, 1.54) is 0 Å². The van der Waals surface area contributed by atoms with Crippen LogP contribution in [0.1, 0.15) is 32.1 Å². The molecule has 0 amide bonds. The third kappa shape index (κ3) is 6.47. The van der Waals surface area contributed by atoms with E-state index in [0.717, 1.165) is 0 Å². The maximum absolute atomic E-state index is 12.3. The van der Waals surface area contributed by atoms with Gasteiger partial charge in [0.25, 0.3) is 0 Å². The third-order valence-corrected chi connectivity index (χ3v) is 4.50. The molecule has 2 unspecified atom stereocenters. The van der Waals surface area contributed by atoms with Gasteiger partial charge in [0, 0.05) is 17.3 Å². The molecule has 0 spiro atoms. The van der Waals surface area contributed by atoms with E-state index < -0.39 is 37.0 Å². The minimum atomic E-state index is -4.28. The second kappa shape index (κ2) is 6.17. The predicted octanol–water partition coefficient (Wildman–Crippen LogP) is 5.36. The molecule has 0 aromatic heterocycles. The molecule has 0 radical (unpaired) electrons. The lowest BCUT2D eigenvalue weighted by atomic mass is 9.73. The fourth-order valence-corrected chi connectivity index (χ4v) is 3.54. The molecule has 0 N–H and O–H groups in total. The minimum Gasteiger partial charge on any atom is -0.171 e. The minimum absolute atomic E-state index is 0.0148. The Hall–Kier alpha value is 0.310. The number of rotatable bonds is 3. The molecule has 1 fully saturated rings. The van der Waals surface area contributed by atoms with E-state index in [9.17, 15) is 26.3 Å². The standard InChI is InChI=1S/C11H15F6I/c12-10(13,14)4-7-1-8(5-11(15,16)17)3-9(2-7)6-18/h7-9H,1-6H2. The van der Waals surface area contributed by atoms with Gasteiger partial charge in [-0.15, -0.1) is 0 Å². The van der Waals surface area contributed by atoms with Crippen LogP contribution in [-0.2, 0) is 0 Å². The molecule has 0 nitrogen and oxygen atoms in total. The molecule has 0 aromatic rings. The van der Waals surface area contributed by atoms with Crippen molar-refractivity contribution in [2.24, 2.45) is 17.8 Å². The van der Waals surface area contributed by atoms with Crippen LogP contribution >= 0.6 is 22.6 Å². The summed E-state index contributed by atoms with van der Waals surface area (Å²) in [5.74, 6) is -1.31. The monoisotopic (exact) mass is 388 g/mol. The summed E-state index contributed by atoms with van der Waals surface area (Å²) in [6, 6.07) is 0. The molecular formula is C11H15F6I. The van der Waals surface area contributed by atoms with Crippen molar-refractivity contribution < 1.29 is 26.3 Å². The van der Waals surface area contributed by atoms with Gasteiger partial charge in [0.15, 0.2) is 0 Å². The zero-order valence-electron chi connectivity index (χ0n) is 9.62. The van der Waals surface area contributed by atoms with Crippen LogP contribution in [0.2, 0.25) is 0 Å². The molecule has 0 saturated heterocycles. The SMILES string of the molecule is FC(F)(F)CC1CC(CI)CC(CC(F)(F)F)C1. The van der Waals surface area contributed by atoms with Gasteiger partial charge < -0.3 is 0 Å². The maximum Gasteiger partial charge on any atom is 0.389 e. The highest BCUT2D eigenvalue weighted by Gasteiger charge is 2.40. The van der Waals surface area contributed by atoms with Crippen LogP contribution in [0.4, 0.5) is 26.3 Å². The predicted molar refractivity (Wildman–Crippen MR) is 64.6 cm³/mol. The summed E-state index contributed by atoms with van der Waals surface area (Å²) in [4.78, 5) is 0. The second-order valence-electron chi connectivity index (χ2n) is 5.10. The molecule has 1 aliphatic carbocycles. The third-order valence-electron chi connectivity index (χ3n) is 3.26. The van der Waals surface area contributed by atoms with E-state index in [-0.39, 0.29) is 12.3 Å². The van der Waals surface area contributed by atoms with Crippen molar-refractivity contribution in [2.45, 2.75) is 44.5 Å². The summed E-state index contributed by atoms with van der Waals surface area (Å²) in [6.07, 6.45) is -9.61. The first-order valence-corrected chi connectivity index (χ1v) is 7.31. The van der Waals surface area contributed by atoms with Crippen molar-refractivity contribution >= 4 is 22.6 Å². The number of alkyl halides is 7. The number of hydrogen-bond acceptors (Lipinski definition) is 0. The van der Waals surface area contributed by atoms with Crippen molar-refractivity contribution in [3.05, 3.63) is 0 Å². The molecule has 108 valence electrons. The first kappa shape index (κ1) is 16.4. The zero-order chi connectivity index (χ0) is 14.0. The van der Waals surface area contributed by atoms with E-state index in [1.54, 1.807) is 0 Å². The average molecular weight is 388 g/mol. The van der Waals surface area contributed by atoms with Crippen LogP contribution in [0.25, 0.3) is 0 Å². The molecule has 0 aliphatic heterocycles. The molecule has 0 aromatic carbocycles. The molecule has 1 rings (SSSR count). The summed E-state index contributed by atoms with van der Waals surface area (Å²) >= 11 is 2.04. The van der Waals surface area contributed by atoms with Crippen LogP contribution in [0.3, 0.4) is 0 Å². The second-order valence-corrected chi connectivity index (χ2v) is 5.98. The Labute approximate surface area is 116 Å². The molecule has 0 bridgehead atoms. The first-order chi connectivity index (χ1) is 8.09. The zero-order valence-corrected chi connectivity index (χ0v) is 11.8. The number of hydrogen-bond donors (Lipinski definition) is 0. The van der Waals surface area contributed by atoms with Gasteiger partial charge in [-0.3, -0.25) is 0 Å². The lowest BCUT2D eigenvalue weighted by Crippen LogP contribution is -2.29. The highest BCUT2D eigenvalue weighted by atomic mass is 127. The van der Waals surface area contributed by atoms with Crippen LogP contribution in [0, 0.1) is 17.8 Å². The van der Waals surface area contributed by atoms with Crippen LogP contribution in [0.5, 0.6) is 0 Å². The Morgan fingerprint density at radius 3 is 1.33 bits per heavy atom. The van der Waals surface area contributed by atoms with Crippen molar-refractivity contribution in [1.82, 2.24) is 0 Å². The molecule has 2 atom stereocenters. The molecule has 1 aliphatic rings. The van der Waals surface area contributed by atoms with Crippen LogP contribution in [0.15, 0.2) is 0 Å². The van der Waals surface area contributed by atoms with E-state index in [2.05, 4.69) is 0 Å². The van der Waals surface area contributed by atoms with Gasteiger partial charge in [-0.05, 0) is 37.0 Å². The van der Waals surface area contributed by atoms with E-state index in [4.69, 9.17) is 0 Å². The Bertz CT molecular complexity index is 235. The Balaban J connectivity index is 2.60. The van der Waals surface area contributed by atoms with Crippen molar-refractivity contribution in [2.75, 3.05) is 4.43 Å². The Kier molecular flexibility index (Phi) is 5.61. The topological polar surface area (TPSA) is 0 Å². The van der Waals surface area contributed by atoms with E-state index >= 15 is 0 Å². The lowest BCUT2D eigenvalue weighted by Gasteiger charge is -2.35. The lowest BCUT2D eigenvalue weighted by molar-refractivity contribution is -0.159. The van der Waals surface area contributed by atoms with E-state index in [0.29, 0.717) is 17.3 Å². The number of halogens is 7. The van der Waals surface area contributed by atoms with Crippen molar-refractivity contribution in [3.63, 3.8) is 0 Å². The van der Waals surface area contributed by atoms with Crippen LogP contribution < -0.4 is 0 Å². The van der Waals surface area contributed by atoms with Crippen molar-refractivity contribution in [1.29, 1.82) is 0 Å². The van der Waals surface area contributed by atoms with Gasteiger partial charge >= 0.3 is 12.4 Å². The molecule has 1 saturated carbocycles. The molecular weight excluding hydrogens is 373 g/mol. The van der Waals surface area contributed by atoms with Gasteiger partial charge in [-0.25, -0.2) is 0 Å². The maximum atomic E-state index is 12.3. The smallest absolute Gasteiger partial charge is 0.171 e. The van der Waals surface area contributed by atoms with Gasteiger partial charge in [-0.2, -0.15) is 26.3 Å². The quantitative estimate of drug-likeness (QED) is 0.347. The Morgan fingerprint density at radius 2 is 1.06 bits per heavy atom. The average Bonchev–Trinajstić information content (AvgIpc) is 2.11. The largest absolute Gasteiger partial charge is 0.389 e. The Morgan fingerprint density at radius 1 is 0.722 bits per heavy atom. The van der Waals surface area contributed by atoms with Gasteiger partial charge in [0.2, 0.25) is 0 Å².